The Kier molecular flexibility index (Phi) is 9.08. The average Bonchev–Trinajstić information content (AvgIpc) is 3.32. The Morgan fingerprint density at radius 3 is 2.34 bits per heavy atom. The van der Waals surface area contributed by atoms with E-state index in [1.165, 1.54) is 18.4 Å². The largest absolute Gasteiger partial charge is 0.481 e. The fourth-order valence-electron chi connectivity index (χ4n) is 5.62. The first-order valence-corrected chi connectivity index (χ1v) is 13.8. The van der Waals surface area contributed by atoms with E-state index in [-0.39, 0.29) is 24.9 Å². The number of carbonyl (C=O) groups is 2. The molecule has 2 aromatic rings. The number of ether oxygens (including phenoxy) is 1. The second kappa shape index (κ2) is 12.5. The molecule has 1 aliphatic carbocycles. The molecule has 7 heteroatoms. The van der Waals surface area contributed by atoms with Gasteiger partial charge in [0.2, 0.25) is 0 Å². The van der Waals surface area contributed by atoms with E-state index in [4.69, 9.17) is 14.8 Å². The molecule has 2 N–H and O–H groups in total. The van der Waals surface area contributed by atoms with Gasteiger partial charge in [0, 0.05) is 24.7 Å². The van der Waals surface area contributed by atoms with Crippen LogP contribution in [0.3, 0.4) is 0 Å². The van der Waals surface area contributed by atoms with Gasteiger partial charge in [0.05, 0.1) is 12.5 Å². The number of hydrogen-bond donors (Lipinski definition) is 2. The van der Waals surface area contributed by atoms with Crippen molar-refractivity contribution in [3.05, 3.63) is 71.3 Å². The molecule has 1 amide bonds. The molecule has 1 aliphatic heterocycles. The molecule has 204 valence electrons. The van der Waals surface area contributed by atoms with Gasteiger partial charge in [-0.25, -0.2) is 4.99 Å². The maximum absolute atomic E-state index is 12.4. The van der Waals surface area contributed by atoms with E-state index >= 15 is 0 Å². The van der Waals surface area contributed by atoms with Crippen LogP contribution in [0.5, 0.6) is 0 Å². The smallest absolute Gasteiger partial charge is 0.305 e. The summed E-state index contributed by atoms with van der Waals surface area (Å²) in [5, 5.41) is 11.5. The first-order chi connectivity index (χ1) is 18.2. The van der Waals surface area contributed by atoms with Crippen molar-refractivity contribution in [2.45, 2.75) is 71.4 Å². The molecule has 1 saturated heterocycles. The number of carbonyl (C=O) groups excluding carboxylic acids is 1. The molecule has 1 atom stereocenters. The van der Waals surface area contributed by atoms with Gasteiger partial charge in [-0.05, 0) is 66.7 Å². The van der Waals surface area contributed by atoms with Gasteiger partial charge in [-0.15, -0.1) is 0 Å². The fourth-order valence-corrected chi connectivity index (χ4v) is 5.62. The average molecular weight is 520 g/mol. The number of benzene rings is 2. The van der Waals surface area contributed by atoms with Gasteiger partial charge in [0.1, 0.15) is 6.61 Å². The number of carboxylic acids is 1. The van der Waals surface area contributed by atoms with E-state index in [2.05, 4.69) is 55.3 Å². The Balaban J connectivity index is 1.48. The molecule has 0 radical (unpaired) electrons. The van der Waals surface area contributed by atoms with Gasteiger partial charge >= 0.3 is 5.97 Å². The Morgan fingerprint density at radius 2 is 1.71 bits per heavy atom. The van der Waals surface area contributed by atoms with Crippen LogP contribution in [0.2, 0.25) is 0 Å². The minimum atomic E-state index is -0.931. The number of amides is 1. The summed E-state index contributed by atoms with van der Waals surface area (Å²) in [6.45, 7) is 8.35. The molecule has 4 rings (SSSR count). The van der Waals surface area contributed by atoms with Crippen LogP contribution in [0.1, 0.15) is 80.4 Å². The number of rotatable bonds is 9. The normalized spacial score (nSPS) is 22.8. The third kappa shape index (κ3) is 7.15. The van der Waals surface area contributed by atoms with E-state index in [1.54, 1.807) is 0 Å². The minimum Gasteiger partial charge on any atom is -0.481 e. The van der Waals surface area contributed by atoms with E-state index in [0.29, 0.717) is 30.2 Å². The first kappa shape index (κ1) is 27.7. The van der Waals surface area contributed by atoms with E-state index in [1.807, 2.05) is 30.3 Å². The second-order valence-electron chi connectivity index (χ2n) is 11.5. The van der Waals surface area contributed by atoms with Crippen LogP contribution in [0, 0.1) is 11.3 Å². The Hall–Kier alpha value is -3.35. The molecule has 7 nitrogen and oxygen atoms in total. The van der Waals surface area contributed by atoms with Crippen LogP contribution in [0.4, 0.5) is 0 Å². The lowest BCUT2D eigenvalue weighted by molar-refractivity contribution is -0.136. The molecule has 2 aromatic carbocycles. The number of aliphatic carboxylic acids is 1. The van der Waals surface area contributed by atoms with E-state index in [0.717, 1.165) is 36.8 Å². The minimum absolute atomic E-state index is 0.0470. The number of carboxylic acid groups (broad SMARTS) is 1. The van der Waals surface area contributed by atoms with Crippen molar-refractivity contribution in [1.82, 2.24) is 10.2 Å². The second-order valence-corrected chi connectivity index (χ2v) is 11.5. The van der Waals surface area contributed by atoms with Crippen molar-refractivity contribution in [2.24, 2.45) is 16.3 Å². The van der Waals surface area contributed by atoms with Gasteiger partial charge in [-0.3, -0.25) is 9.59 Å². The zero-order valence-electron chi connectivity index (χ0n) is 22.9. The standard InChI is InChI=1S/C31H41N3O4/c1-31(2,3)25-13-15-26(16-14-25)34-27(21-38-30(34)33-19-17-22-7-5-4-6-8-22)23-9-11-24(12-10-23)29(37)32-20-18-28(35)36/h4-12,25-27H,13-21H2,1-3H3,(H,32,37)(H,35,36). The SMILES string of the molecule is CC(C)(C)C1CCC(N2C(=NCCc3ccccc3)OCC2c2ccc(C(=O)NCCC(=O)O)cc2)CC1. The first-order valence-electron chi connectivity index (χ1n) is 13.8. The van der Waals surface area contributed by atoms with Crippen molar-refractivity contribution in [2.75, 3.05) is 19.7 Å². The fraction of sp³-hybridized carbons (Fsp3) is 0.516. The van der Waals surface area contributed by atoms with Crippen molar-refractivity contribution in [3.8, 4) is 0 Å². The van der Waals surface area contributed by atoms with Crippen LogP contribution in [-0.2, 0) is 16.0 Å². The summed E-state index contributed by atoms with van der Waals surface area (Å²) in [4.78, 5) is 30.5. The molecular weight excluding hydrogens is 478 g/mol. The number of hydrogen-bond acceptors (Lipinski definition) is 4. The highest BCUT2D eigenvalue weighted by molar-refractivity contribution is 5.94. The van der Waals surface area contributed by atoms with Crippen molar-refractivity contribution < 1.29 is 19.4 Å². The number of nitrogens with zero attached hydrogens (tertiary/aromatic N) is 2. The quantitative estimate of drug-likeness (QED) is 0.459. The number of amidine groups is 1. The maximum Gasteiger partial charge on any atom is 0.305 e. The van der Waals surface area contributed by atoms with Gasteiger partial charge in [0.15, 0.2) is 0 Å². The number of aliphatic imine (C=N–C) groups is 1. The zero-order chi connectivity index (χ0) is 27.1. The number of nitrogens with one attached hydrogen (secondary N) is 1. The topological polar surface area (TPSA) is 91.2 Å². The highest BCUT2D eigenvalue weighted by Gasteiger charge is 2.40. The van der Waals surface area contributed by atoms with Crippen LogP contribution in [0.15, 0.2) is 59.6 Å². The lowest BCUT2D eigenvalue weighted by Crippen LogP contribution is -2.42. The lowest BCUT2D eigenvalue weighted by Gasteiger charge is -2.41. The molecule has 1 heterocycles. The molecule has 0 aromatic heterocycles. The summed E-state index contributed by atoms with van der Waals surface area (Å²) in [5.74, 6) is -0.473. The lowest BCUT2D eigenvalue weighted by atomic mass is 9.71. The third-order valence-corrected chi connectivity index (χ3v) is 7.91. The predicted molar refractivity (Wildman–Crippen MR) is 149 cm³/mol. The molecule has 1 unspecified atom stereocenters. The van der Waals surface area contributed by atoms with Gasteiger partial charge in [0.25, 0.3) is 11.9 Å². The summed E-state index contributed by atoms with van der Waals surface area (Å²) in [7, 11) is 0. The summed E-state index contributed by atoms with van der Waals surface area (Å²) >= 11 is 0. The summed E-state index contributed by atoms with van der Waals surface area (Å²) in [6.07, 6.45) is 5.40. The summed E-state index contributed by atoms with van der Waals surface area (Å²) < 4.78 is 6.21. The predicted octanol–water partition coefficient (Wildman–Crippen LogP) is 5.47. The molecule has 38 heavy (non-hydrogen) atoms. The summed E-state index contributed by atoms with van der Waals surface area (Å²) in [5.41, 5.74) is 3.20. The van der Waals surface area contributed by atoms with Crippen LogP contribution >= 0.6 is 0 Å². The van der Waals surface area contributed by atoms with Gasteiger partial charge < -0.3 is 20.1 Å². The van der Waals surface area contributed by atoms with Crippen molar-refractivity contribution in [3.63, 3.8) is 0 Å². The molecule has 2 aliphatic rings. The van der Waals surface area contributed by atoms with Crippen LogP contribution < -0.4 is 5.32 Å². The Labute approximate surface area is 226 Å². The van der Waals surface area contributed by atoms with Gasteiger partial charge in [-0.1, -0.05) is 63.2 Å². The third-order valence-electron chi connectivity index (χ3n) is 7.91. The van der Waals surface area contributed by atoms with E-state index < -0.39 is 5.97 Å². The molecule has 1 saturated carbocycles. The van der Waals surface area contributed by atoms with Crippen molar-refractivity contribution in [1.29, 1.82) is 0 Å². The van der Waals surface area contributed by atoms with Crippen molar-refractivity contribution >= 4 is 17.9 Å². The molecule has 0 spiro atoms. The van der Waals surface area contributed by atoms with Gasteiger partial charge in [-0.2, -0.15) is 0 Å². The maximum atomic E-state index is 12.4. The highest BCUT2D eigenvalue weighted by Crippen LogP contribution is 2.42. The Bertz CT molecular complexity index is 1100. The molecule has 0 bridgehead atoms. The highest BCUT2D eigenvalue weighted by atomic mass is 16.5. The Morgan fingerprint density at radius 1 is 1.03 bits per heavy atom. The van der Waals surface area contributed by atoms with Crippen LogP contribution in [0.25, 0.3) is 0 Å². The monoisotopic (exact) mass is 519 g/mol. The molecular formula is C31H41N3O4. The molecule has 2 fully saturated rings. The van der Waals surface area contributed by atoms with Crippen LogP contribution in [-0.4, -0.2) is 53.6 Å². The zero-order valence-corrected chi connectivity index (χ0v) is 22.9. The van der Waals surface area contributed by atoms with E-state index in [9.17, 15) is 9.59 Å². The summed E-state index contributed by atoms with van der Waals surface area (Å²) in [6, 6.07) is 19.1.